The van der Waals surface area contributed by atoms with Crippen LogP contribution in [0.2, 0.25) is 0 Å². The van der Waals surface area contributed by atoms with E-state index in [1.807, 2.05) is 6.92 Å². The summed E-state index contributed by atoms with van der Waals surface area (Å²) in [5.74, 6) is -0.478. The Morgan fingerprint density at radius 1 is 1.59 bits per heavy atom. The zero-order valence-corrected chi connectivity index (χ0v) is 12.1. The lowest BCUT2D eigenvalue weighted by Crippen LogP contribution is -2.39. The quantitative estimate of drug-likeness (QED) is 0.576. The first kappa shape index (κ1) is 16.4. The van der Waals surface area contributed by atoms with Gasteiger partial charge in [-0.05, 0) is 12.5 Å². The van der Waals surface area contributed by atoms with Crippen LogP contribution >= 0.6 is 0 Å². The van der Waals surface area contributed by atoms with E-state index in [9.17, 15) is 19.8 Å². The molecule has 1 saturated heterocycles. The highest BCUT2D eigenvalue weighted by Gasteiger charge is 2.47. The second-order valence-corrected chi connectivity index (χ2v) is 4.98. The molecule has 1 aromatic rings. The largest absolute Gasteiger partial charge is 0.455 e. The fourth-order valence-corrected chi connectivity index (χ4v) is 2.25. The third kappa shape index (κ3) is 3.26. The molecule has 22 heavy (non-hydrogen) atoms. The molecule has 0 unspecified atom stereocenters. The van der Waals surface area contributed by atoms with Gasteiger partial charge in [0.15, 0.2) is 12.3 Å². The van der Waals surface area contributed by atoms with Gasteiger partial charge in [-0.15, -0.1) is 0 Å². The van der Waals surface area contributed by atoms with Gasteiger partial charge >= 0.3 is 11.7 Å². The maximum atomic E-state index is 11.9. The van der Waals surface area contributed by atoms with E-state index in [1.165, 1.54) is 12.3 Å². The average molecular weight is 313 g/mol. The fourth-order valence-electron chi connectivity index (χ4n) is 2.25. The number of carbonyl (C=O) groups is 1. The molecule has 1 fully saturated rings. The number of aromatic nitrogens is 2. The van der Waals surface area contributed by atoms with Gasteiger partial charge in [0.2, 0.25) is 0 Å². The Bertz CT molecular complexity index is 589. The highest BCUT2D eigenvalue weighted by molar-refractivity contribution is 5.69. The van der Waals surface area contributed by atoms with Gasteiger partial charge in [-0.1, -0.05) is 6.92 Å². The van der Waals surface area contributed by atoms with Crippen molar-refractivity contribution in [2.75, 3.05) is 12.3 Å². The van der Waals surface area contributed by atoms with E-state index < -0.39 is 42.8 Å². The lowest BCUT2D eigenvalue weighted by Gasteiger charge is -2.22. The SMILES string of the molecule is CCCC(=O)O[C@@H]1[C@H](O)[C@@H](CO)O[C@H]1n1ccc(N)nc1=O. The number of hydrogen-bond donors (Lipinski definition) is 3. The molecule has 0 bridgehead atoms. The van der Waals surface area contributed by atoms with E-state index in [-0.39, 0.29) is 12.2 Å². The van der Waals surface area contributed by atoms with Crippen LogP contribution in [0.15, 0.2) is 17.1 Å². The van der Waals surface area contributed by atoms with E-state index in [0.29, 0.717) is 6.42 Å². The Kier molecular flexibility index (Phi) is 5.11. The molecule has 2 rings (SSSR count). The molecule has 0 radical (unpaired) electrons. The highest BCUT2D eigenvalue weighted by atomic mass is 16.6. The van der Waals surface area contributed by atoms with Crippen LogP contribution in [0.25, 0.3) is 0 Å². The molecular formula is C13H19N3O6. The van der Waals surface area contributed by atoms with Gasteiger partial charge < -0.3 is 25.4 Å². The van der Waals surface area contributed by atoms with Gasteiger partial charge in [-0.2, -0.15) is 4.98 Å². The van der Waals surface area contributed by atoms with Gasteiger partial charge in [0.25, 0.3) is 0 Å². The molecule has 4 atom stereocenters. The number of anilines is 1. The number of aliphatic hydroxyl groups is 2. The van der Waals surface area contributed by atoms with E-state index in [0.717, 1.165) is 4.57 Å². The molecule has 122 valence electrons. The number of hydrogen-bond acceptors (Lipinski definition) is 8. The normalized spacial score (nSPS) is 27.8. The number of ether oxygens (including phenoxy) is 2. The van der Waals surface area contributed by atoms with Gasteiger partial charge in [-0.25, -0.2) is 4.79 Å². The zero-order chi connectivity index (χ0) is 16.3. The van der Waals surface area contributed by atoms with Gasteiger partial charge in [0, 0.05) is 12.6 Å². The summed E-state index contributed by atoms with van der Waals surface area (Å²) >= 11 is 0. The monoisotopic (exact) mass is 313 g/mol. The molecule has 9 nitrogen and oxygen atoms in total. The lowest BCUT2D eigenvalue weighted by atomic mass is 10.1. The number of nitrogen functional groups attached to an aromatic ring is 1. The summed E-state index contributed by atoms with van der Waals surface area (Å²) in [4.78, 5) is 27.1. The van der Waals surface area contributed by atoms with Crippen molar-refractivity contribution in [2.45, 2.75) is 44.3 Å². The molecule has 2 heterocycles. The van der Waals surface area contributed by atoms with Crippen molar-refractivity contribution in [3.63, 3.8) is 0 Å². The Hall–Kier alpha value is -1.97. The second kappa shape index (κ2) is 6.86. The maximum absolute atomic E-state index is 11.9. The predicted octanol–water partition coefficient (Wildman–Crippen LogP) is -1.21. The summed E-state index contributed by atoms with van der Waals surface area (Å²) in [6.07, 6.45) is -2.31. The topological polar surface area (TPSA) is 137 Å². The van der Waals surface area contributed by atoms with Crippen molar-refractivity contribution in [3.05, 3.63) is 22.7 Å². The van der Waals surface area contributed by atoms with E-state index >= 15 is 0 Å². The zero-order valence-electron chi connectivity index (χ0n) is 12.1. The maximum Gasteiger partial charge on any atom is 0.351 e. The van der Waals surface area contributed by atoms with Crippen LogP contribution in [0.5, 0.6) is 0 Å². The van der Waals surface area contributed by atoms with Gasteiger partial charge in [0.05, 0.1) is 6.61 Å². The molecule has 0 spiro atoms. The summed E-state index contributed by atoms with van der Waals surface area (Å²) < 4.78 is 11.7. The van der Waals surface area contributed by atoms with Crippen LogP contribution in [-0.4, -0.2) is 50.7 Å². The molecule has 0 saturated carbocycles. The van der Waals surface area contributed by atoms with Crippen molar-refractivity contribution < 1.29 is 24.5 Å². The van der Waals surface area contributed by atoms with Crippen LogP contribution in [0.3, 0.4) is 0 Å². The first-order valence-electron chi connectivity index (χ1n) is 6.96. The van der Waals surface area contributed by atoms with Crippen LogP contribution in [0.4, 0.5) is 5.82 Å². The first-order chi connectivity index (χ1) is 10.5. The first-order valence-corrected chi connectivity index (χ1v) is 6.96. The number of aliphatic hydroxyl groups excluding tert-OH is 2. The summed E-state index contributed by atoms with van der Waals surface area (Å²) in [7, 11) is 0. The van der Waals surface area contributed by atoms with Crippen molar-refractivity contribution in [1.82, 2.24) is 9.55 Å². The number of nitrogens with two attached hydrogens (primary N) is 1. The number of carbonyl (C=O) groups excluding carboxylic acids is 1. The molecule has 1 aliphatic rings. The Morgan fingerprint density at radius 2 is 2.32 bits per heavy atom. The fraction of sp³-hybridized carbons (Fsp3) is 0.615. The number of rotatable bonds is 5. The van der Waals surface area contributed by atoms with Crippen LogP contribution < -0.4 is 11.4 Å². The van der Waals surface area contributed by atoms with Crippen molar-refractivity contribution in [3.8, 4) is 0 Å². The Balaban J connectivity index is 2.29. The van der Waals surface area contributed by atoms with E-state index in [2.05, 4.69) is 4.98 Å². The molecule has 9 heteroatoms. The number of nitrogens with zero attached hydrogens (tertiary/aromatic N) is 2. The highest BCUT2D eigenvalue weighted by Crippen LogP contribution is 2.31. The van der Waals surface area contributed by atoms with Crippen LogP contribution in [0, 0.1) is 0 Å². The van der Waals surface area contributed by atoms with Crippen LogP contribution in [0.1, 0.15) is 26.0 Å². The standard InChI is InChI=1S/C13H19N3O6/c1-2-3-9(18)22-11-10(19)7(6-17)21-12(11)16-5-4-8(14)15-13(16)20/h4-5,7,10-12,17,19H,2-3,6H2,1H3,(H2,14,15,20)/t7-,10-,11-,12-/m1/s1. The molecular weight excluding hydrogens is 294 g/mol. The third-order valence-electron chi connectivity index (χ3n) is 3.34. The summed E-state index contributed by atoms with van der Waals surface area (Å²) in [5.41, 5.74) is 4.72. The smallest absolute Gasteiger partial charge is 0.351 e. The minimum atomic E-state index is -1.25. The molecule has 0 aromatic carbocycles. The summed E-state index contributed by atoms with van der Waals surface area (Å²) in [6.45, 7) is 1.34. The molecule has 1 aromatic heterocycles. The van der Waals surface area contributed by atoms with Crippen molar-refractivity contribution >= 4 is 11.8 Å². The predicted molar refractivity (Wildman–Crippen MR) is 74.7 cm³/mol. The summed E-state index contributed by atoms with van der Waals surface area (Å²) in [6, 6.07) is 1.38. The van der Waals surface area contributed by atoms with E-state index in [1.54, 1.807) is 0 Å². The second-order valence-electron chi connectivity index (χ2n) is 4.98. The molecule has 0 aliphatic carbocycles. The molecule has 0 amide bonds. The minimum Gasteiger partial charge on any atom is -0.455 e. The Labute approximate surface area is 126 Å². The van der Waals surface area contributed by atoms with Crippen molar-refractivity contribution in [2.24, 2.45) is 0 Å². The van der Waals surface area contributed by atoms with Crippen molar-refractivity contribution in [1.29, 1.82) is 0 Å². The lowest BCUT2D eigenvalue weighted by molar-refractivity contribution is -0.158. The van der Waals surface area contributed by atoms with Crippen LogP contribution in [-0.2, 0) is 14.3 Å². The summed E-state index contributed by atoms with van der Waals surface area (Å²) in [5, 5.41) is 19.3. The molecule has 4 N–H and O–H groups in total. The Morgan fingerprint density at radius 3 is 2.91 bits per heavy atom. The average Bonchev–Trinajstić information content (AvgIpc) is 2.76. The minimum absolute atomic E-state index is 0.0398. The molecule has 1 aliphatic heterocycles. The van der Waals surface area contributed by atoms with Gasteiger partial charge in [0.1, 0.15) is 18.0 Å². The third-order valence-corrected chi connectivity index (χ3v) is 3.34. The number of esters is 1. The van der Waals surface area contributed by atoms with Gasteiger partial charge in [-0.3, -0.25) is 9.36 Å². The van der Waals surface area contributed by atoms with E-state index in [4.69, 9.17) is 15.2 Å².